The lowest BCUT2D eigenvalue weighted by molar-refractivity contribution is -0.142. The molecule has 1 aromatic heterocycles. The van der Waals surface area contributed by atoms with Gasteiger partial charge in [0.1, 0.15) is 11.4 Å². The van der Waals surface area contributed by atoms with Crippen LogP contribution in [-0.2, 0) is 21.4 Å². The summed E-state index contributed by atoms with van der Waals surface area (Å²) in [5, 5.41) is 15.3. The van der Waals surface area contributed by atoms with Crippen molar-refractivity contribution in [2.24, 2.45) is 21.1 Å². The summed E-state index contributed by atoms with van der Waals surface area (Å²) in [7, 11) is -4.03. The van der Waals surface area contributed by atoms with E-state index in [9.17, 15) is 26.4 Å². The van der Waals surface area contributed by atoms with E-state index in [1.54, 1.807) is 0 Å². The maximum absolute atomic E-state index is 13.3. The molecule has 0 saturated carbocycles. The summed E-state index contributed by atoms with van der Waals surface area (Å²) in [6.07, 6.45) is -0.817. The first-order valence-electron chi connectivity index (χ1n) is 11.1. The van der Waals surface area contributed by atoms with Crippen LogP contribution in [0.15, 0.2) is 50.2 Å². The van der Waals surface area contributed by atoms with Crippen LogP contribution in [0.25, 0.3) is 0 Å². The number of nitrogens with one attached hydrogen (secondary N) is 1. The molecule has 0 aromatic carbocycles. The molecule has 0 bridgehead atoms. The molecule has 34 heavy (non-hydrogen) atoms. The topological polar surface area (TPSA) is 109 Å². The molecule has 9 nitrogen and oxygen atoms in total. The fourth-order valence-corrected chi connectivity index (χ4v) is 7.02. The minimum Gasteiger partial charge on any atom is -0.342 e. The largest absolute Gasteiger partial charge is 0.408 e. The van der Waals surface area contributed by atoms with Gasteiger partial charge in [0, 0.05) is 48.0 Å². The monoisotopic (exact) mass is 498 g/mol. The first-order valence-corrected chi connectivity index (χ1v) is 12.5. The van der Waals surface area contributed by atoms with E-state index in [0.29, 0.717) is 48.3 Å². The van der Waals surface area contributed by atoms with Crippen molar-refractivity contribution in [1.82, 2.24) is 19.4 Å². The van der Waals surface area contributed by atoms with Gasteiger partial charge in [0.15, 0.2) is 11.6 Å². The van der Waals surface area contributed by atoms with Gasteiger partial charge in [-0.05, 0) is 24.7 Å². The average Bonchev–Trinajstić information content (AvgIpc) is 3.36. The van der Waals surface area contributed by atoms with Gasteiger partial charge in [-0.25, -0.2) is 8.42 Å². The number of carbonyl (C=O) groups is 1. The van der Waals surface area contributed by atoms with E-state index in [-0.39, 0.29) is 29.2 Å². The number of rotatable bonds is 3. The Hall–Kier alpha value is -2.54. The number of piperidine rings is 1. The molecule has 0 amide bonds. The molecule has 184 valence electrons. The fourth-order valence-electron chi connectivity index (χ4n) is 5.62. The van der Waals surface area contributed by atoms with Gasteiger partial charge in [0.25, 0.3) is 0 Å². The molecule has 0 atom stereocenters. The predicted octanol–water partition coefficient (Wildman–Crippen LogP) is 3.14. The highest BCUT2D eigenvalue weighted by atomic mass is 32.2. The highest BCUT2D eigenvalue weighted by Gasteiger charge is 2.53. The number of Topliss-reactive ketones (excluding diaryl/α,β-unsaturated/α-hetero) is 1. The third kappa shape index (κ3) is 3.78. The van der Waals surface area contributed by atoms with Crippen LogP contribution in [0.5, 0.6) is 0 Å². The van der Waals surface area contributed by atoms with Gasteiger partial charge in [-0.1, -0.05) is 13.8 Å². The van der Waals surface area contributed by atoms with E-state index in [1.165, 1.54) is 4.31 Å². The number of sulfonamides is 1. The zero-order valence-electron chi connectivity index (χ0n) is 18.8. The molecule has 1 aliphatic carbocycles. The average molecular weight is 499 g/mol. The van der Waals surface area contributed by atoms with E-state index in [1.807, 2.05) is 13.8 Å². The van der Waals surface area contributed by atoms with Gasteiger partial charge in [-0.2, -0.15) is 27.7 Å². The number of nitrogens with zero attached hydrogens (tertiary/aromatic N) is 5. The standard InChI is InChI=1S/C21H25F3N6O3S/c1-19(2)7-15-17(16(31)8-19)20(14-10-25-28-18(14)27-15)3-5-30(6-4-20)34(32,33)13-9-26-29(11-13)12-21(22,23)24/h9,11,27H,3-8,10,12H2,1-2H3. The number of hydrogen-bond acceptors (Lipinski definition) is 7. The predicted molar refractivity (Wildman–Crippen MR) is 114 cm³/mol. The molecule has 1 fully saturated rings. The minimum absolute atomic E-state index is 0.0573. The second-order valence-electron chi connectivity index (χ2n) is 10.1. The molecule has 4 aliphatic rings. The SMILES string of the molecule is CC1(C)CC(=O)C2=C(C1)NC1=C(CN=N1)C21CCN(S(=O)(=O)c2cnn(CC(F)(F)F)c2)CC1. The number of dihydropyridines is 1. The van der Waals surface area contributed by atoms with Crippen molar-refractivity contribution in [3.8, 4) is 0 Å². The molecular formula is C21H25F3N6O3S. The Balaban J connectivity index is 1.42. The smallest absolute Gasteiger partial charge is 0.342 e. The van der Waals surface area contributed by atoms with Crippen LogP contribution in [0.4, 0.5) is 13.2 Å². The van der Waals surface area contributed by atoms with Gasteiger partial charge in [0.2, 0.25) is 10.0 Å². The van der Waals surface area contributed by atoms with E-state index in [2.05, 4.69) is 20.6 Å². The Morgan fingerprint density at radius 2 is 1.88 bits per heavy atom. The Labute approximate surface area is 194 Å². The number of ketones is 1. The minimum atomic E-state index is -4.51. The zero-order chi connectivity index (χ0) is 24.5. The molecule has 1 N–H and O–H groups in total. The van der Waals surface area contributed by atoms with Crippen molar-refractivity contribution >= 4 is 15.8 Å². The molecule has 0 radical (unpaired) electrons. The number of azo groups is 1. The van der Waals surface area contributed by atoms with Crippen LogP contribution in [0, 0.1) is 10.8 Å². The summed E-state index contributed by atoms with van der Waals surface area (Å²) >= 11 is 0. The van der Waals surface area contributed by atoms with E-state index < -0.39 is 28.2 Å². The number of alkyl halides is 3. The normalized spacial score (nSPS) is 24.4. The van der Waals surface area contributed by atoms with Crippen LogP contribution in [0.1, 0.15) is 39.5 Å². The van der Waals surface area contributed by atoms with Crippen LogP contribution in [0.3, 0.4) is 0 Å². The maximum Gasteiger partial charge on any atom is 0.408 e. The molecule has 0 unspecified atom stereocenters. The lowest BCUT2D eigenvalue weighted by atomic mass is 9.60. The first kappa shape index (κ1) is 23.2. The van der Waals surface area contributed by atoms with Gasteiger partial charge >= 0.3 is 6.18 Å². The molecule has 5 rings (SSSR count). The summed E-state index contributed by atoms with van der Waals surface area (Å²) in [5.41, 5.74) is 1.63. The van der Waals surface area contributed by atoms with Gasteiger partial charge in [-0.3, -0.25) is 9.48 Å². The van der Waals surface area contributed by atoms with Crippen LogP contribution >= 0.6 is 0 Å². The van der Waals surface area contributed by atoms with Gasteiger partial charge in [0.05, 0.1) is 12.7 Å². The molecule has 3 aliphatic heterocycles. The van der Waals surface area contributed by atoms with Crippen LogP contribution < -0.4 is 5.32 Å². The van der Waals surface area contributed by atoms with Crippen molar-refractivity contribution in [2.45, 2.75) is 57.1 Å². The third-order valence-corrected chi connectivity index (χ3v) is 8.90. The van der Waals surface area contributed by atoms with Crippen molar-refractivity contribution in [2.75, 3.05) is 19.6 Å². The molecule has 13 heteroatoms. The second kappa shape index (κ2) is 7.48. The van der Waals surface area contributed by atoms with Crippen molar-refractivity contribution in [3.05, 3.63) is 35.1 Å². The summed E-state index contributed by atoms with van der Waals surface area (Å²) < 4.78 is 66.1. The van der Waals surface area contributed by atoms with Crippen molar-refractivity contribution in [3.63, 3.8) is 0 Å². The summed E-state index contributed by atoms with van der Waals surface area (Å²) in [6.45, 7) is 3.31. The van der Waals surface area contributed by atoms with Crippen molar-refractivity contribution < 1.29 is 26.4 Å². The highest BCUT2D eigenvalue weighted by molar-refractivity contribution is 7.89. The maximum atomic E-state index is 13.3. The Kier molecular flexibility index (Phi) is 5.11. The quantitative estimate of drug-likeness (QED) is 0.689. The number of hydrogen-bond donors (Lipinski definition) is 1. The Morgan fingerprint density at radius 1 is 1.18 bits per heavy atom. The van der Waals surface area contributed by atoms with Crippen LogP contribution in [-0.4, -0.2) is 54.1 Å². The third-order valence-electron chi connectivity index (χ3n) is 7.05. The second-order valence-corrected chi connectivity index (χ2v) is 12.1. The lowest BCUT2D eigenvalue weighted by Crippen LogP contribution is -2.50. The Bertz CT molecular complexity index is 1250. The lowest BCUT2D eigenvalue weighted by Gasteiger charge is -2.48. The zero-order valence-corrected chi connectivity index (χ0v) is 19.6. The van der Waals surface area contributed by atoms with Crippen LogP contribution in [0.2, 0.25) is 0 Å². The van der Waals surface area contributed by atoms with E-state index >= 15 is 0 Å². The summed E-state index contributed by atoms with van der Waals surface area (Å²) in [5.74, 6) is 0.705. The van der Waals surface area contributed by atoms with Gasteiger partial charge in [-0.15, -0.1) is 5.11 Å². The summed E-state index contributed by atoms with van der Waals surface area (Å²) in [6, 6.07) is 0. The molecule has 4 heterocycles. The molecule has 1 spiro atoms. The number of fused-ring (bicyclic) bond motifs is 2. The number of allylic oxidation sites excluding steroid dienone is 2. The summed E-state index contributed by atoms with van der Waals surface area (Å²) in [4.78, 5) is 13.0. The number of halogens is 3. The molecule has 1 saturated heterocycles. The highest BCUT2D eigenvalue weighted by Crippen LogP contribution is 2.55. The molecular weight excluding hydrogens is 473 g/mol. The van der Waals surface area contributed by atoms with Gasteiger partial charge < -0.3 is 5.32 Å². The van der Waals surface area contributed by atoms with E-state index in [0.717, 1.165) is 23.7 Å². The molecule has 1 aromatic rings. The van der Waals surface area contributed by atoms with Crippen molar-refractivity contribution in [1.29, 1.82) is 0 Å². The number of aromatic nitrogens is 2. The van der Waals surface area contributed by atoms with E-state index in [4.69, 9.17) is 0 Å². The number of carbonyl (C=O) groups excluding carboxylic acids is 1. The Morgan fingerprint density at radius 3 is 2.56 bits per heavy atom. The fraction of sp³-hybridized carbons (Fsp3) is 0.619. The first-order chi connectivity index (χ1) is 15.8.